The fraction of sp³-hybridized carbons (Fsp3) is 0.200. The van der Waals surface area contributed by atoms with Crippen LogP contribution in [-0.4, -0.2) is 37.2 Å². The van der Waals surface area contributed by atoms with Gasteiger partial charge in [0.15, 0.2) is 0 Å². The zero-order valence-corrected chi connectivity index (χ0v) is 17.5. The van der Waals surface area contributed by atoms with Crippen LogP contribution < -0.4 is 13.8 Å². The molecule has 2 aromatic rings. The van der Waals surface area contributed by atoms with Crippen molar-refractivity contribution in [2.45, 2.75) is 4.90 Å². The van der Waals surface area contributed by atoms with Gasteiger partial charge in [0, 0.05) is 7.05 Å². The number of hydrogen-bond acceptors (Lipinski definition) is 5. The molecule has 0 aliphatic heterocycles. The van der Waals surface area contributed by atoms with Gasteiger partial charge < -0.3 is 4.74 Å². The number of hydrogen-bond donors (Lipinski definition) is 1. The lowest BCUT2D eigenvalue weighted by molar-refractivity contribution is 0.411. The van der Waals surface area contributed by atoms with Crippen LogP contribution >= 0.6 is 22.6 Å². The number of halogens is 1. The van der Waals surface area contributed by atoms with E-state index in [4.69, 9.17) is 4.74 Å². The van der Waals surface area contributed by atoms with Gasteiger partial charge in [0.2, 0.25) is 10.0 Å². The summed E-state index contributed by atoms with van der Waals surface area (Å²) in [5, 5.41) is 0. The topological polar surface area (TPSA) is 92.8 Å². The Bertz CT molecular complexity index is 991. The van der Waals surface area contributed by atoms with Crippen LogP contribution in [0.15, 0.2) is 47.4 Å². The number of nitrogens with zero attached hydrogens (tertiary/aromatic N) is 1. The Labute approximate surface area is 161 Å². The van der Waals surface area contributed by atoms with Crippen LogP contribution in [0.3, 0.4) is 0 Å². The zero-order chi connectivity index (χ0) is 18.8. The van der Waals surface area contributed by atoms with E-state index >= 15 is 0 Å². The van der Waals surface area contributed by atoms with Gasteiger partial charge in [0.05, 0.1) is 33.2 Å². The van der Waals surface area contributed by atoms with Crippen molar-refractivity contribution < 1.29 is 21.6 Å². The number of methoxy groups -OCH3 is 1. The van der Waals surface area contributed by atoms with Crippen molar-refractivity contribution in [3.63, 3.8) is 0 Å². The lowest BCUT2D eigenvalue weighted by Crippen LogP contribution is -2.24. The van der Waals surface area contributed by atoms with E-state index < -0.39 is 20.0 Å². The van der Waals surface area contributed by atoms with E-state index in [1.165, 1.54) is 32.4 Å². The van der Waals surface area contributed by atoms with Gasteiger partial charge in [-0.2, -0.15) is 0 Å². The molecule has 0 amide bonds. The summed E-state index contributed by atoms with van der Waals surface area (Å²) in [6.45, 7) is 0. The van der Waals surface area contributed by atoms with Crippen molar-refractivity contribution in [2.24, 2.45) is 0 Å². The number of ether oxygens (including phenoxy) is 1. The summed E-state index contributed by atoms with van der Waals surface area (Å²) in [7, 11) is -4.35. The summed E-state index contributed by atoms with van der Waals surface area (Å²) >= 11 is 1.99. The maximum atomic E-state index is 12.5. The molecule has 7 nitrogen and oxygen atoms in total. The van der Waals surface area contributed by atoms with Crippen molar-refractivity contribution in [2.75, 3.05) is 29.4 Å². The molecule has 0 aromatic heterocycles. The van der Waals surface area contributed by atoms with E-state index in [0.717, 1.165) is 10.6 Å². The quantitative estimate of drug-likeness (QED) is 0.621. The van der Waals surface area contributed by atoms with E-state index in [0.29, 0.717) is 15.0 Å². The highest BCUT2D eigenvalue weighted by atomic mass is 127. The van der Waals surface area contributed by atoms with Crippen molar-refractivity contribution >= 4 is 54.0 Å². The van der Waals surface area contributed by atoms with Gasteiger partial charge in [-0.3, -0.25) is 9.03 Å². The van der Waals surface area contributed by atoms with Crippen LogP contribution in [0.4, 0.5) is 11.4 Å². The predicted octanol–water partition coefficient (Wildman–Crippen LogP) is 2.50. The highest BCUT2D eigenvalue weighted by Crippen LogP contribution is 2.26. The summed E-state index contributed by atoms with van der Waals surface area (Å²) in [5.41, 5.74) is 0.617. The van der Waals surface area contributed by atoms with Gasteiger partial charge in [0.1, 0.15) is 5.75 Å². The van der Waals surface area contributed by atoms with Crippen molar-refractivity contribution in [3.8, 4) is 5.75 Å². The van der Waals surface area contributed by atoms with Crippen LogP contribution in [-0.2, 0) is 20.0 Å². The molecule has 136 valence electrons. The Morgan fingerprint density at radius 1 is 1.08 bits per heavy atom. The standard InChI is InChI=1S/C15H17IN2O5S2/c1-18(24(3,19)20)12-6-4-5-11(9-12)17-25(21,22)13-7-8-15(23-2)14(16)10-13/h4-10,17H,1-3H3. The van der Waals surface area contributed by atoms with E-state index in [2.05, 4.69) is 4.72 Å². The van der Waals surface area contributed by atoms with E-state index in [1.807, 2.05) is 22.6 Å². The summed E-state index contributed by atoms with van der Waals surface area (Å²) in [4.78, 5) is 0.0829. The van der Waals surface area contributed by atoms with Crippen molar-refractivity contribution in [1.29, 1.82) is 0 Å². The second kappa shape index (κ2) is 7.38. The molecule has 2 rings (SSSR count). The first kappa shape index (κ1) is 19.8. The highest BCUT2D eigenvalue weighted by Gasteiger charge is 2.17. The van der Waals surface area contributed by atoms with E-state index in [-0.39, 0.29) is 10.6 Å². The lowest BCUT2D eigenvalue weighted by atomic mass is 10.3. The molecule has 0 saturated heterocycles. The van der Waals surface area contributed by atoms with Gasteiger partial charge in [-0.15, -0.1) is 0 Å². The van der Waals surface area contributed by atoms with E-state index in [1.54, 1.807) is 24.3 Å². The fourth-order valence-corrected chi connectivity index (χ4v) is 4.50. The third kappa shape index (κ3) is 4.76. The SMILES string of the molecule is COc1ccc(S(=O)(=O)Nc2cccc(N(C)S(C)(=O)=O)c2)cc1I. The minimum absolute atomic E-state index is 0.0829. The van der Waals surface area contributed by atoms with Crippen LogP contribution in [0, 0.1) is 3.57 Å². The number of sulfonamides is 2. The Morgan fingerprint density at radius 2 is 1.76 bits per heavy atom. The van der Waals surface area contributed by atoms with E-state index in [9.17, 15) is 16.8 Å². The zero-order valence-electron chi connectivity index (χ0n) is 13.7. The minimum Gasteiger partial charge on any atom is -0.496 e. The molecule has 0 radical (unpaired) electrons. The fourth-order valence-electron chi connectivity index (χ4n) is 1.99. The molecule has 0 spiro atoms. The highest BCUT2D eigenvalue weighted by molar-refractivity contribution is 14.1. The molecule has 0 saturated carbocycles. The Morgan fingerprint density at radius 3 is 2.32 bits per heavy atom. The smallest absolute Gasteiger partial charge is 0.261 e. The molecular formula is C15H17IN2O5S2. The predicted molar refractivity (Wildman–Crippen MR) is 106 cm³/mol. The van der Waals surface area contributed by atoms with Crippen LogP contribution in [0.5, 0.6) is 5.75 Å². The second-order valence-electron chi connectivity index (χ2n) is 5.18. The number of rotatable bonds is 6. The molecule has 0 bridgehead atoms. The van der Waals surface area contributed by atoms with Crippen LogP contribution in [0.1, 0.15) is 0 Å². The van der Waals surface area contributed by atoms with Gasteiger partial charge in [-0.1, -0.05) is 6.07 Å². The molecule has 0 fully saturated rings. The molecule has 2 aromatic carbocycles. The molecular weight excluding hydrogens is 479 g/mol. The van der Waals surface area contributed by atoms with Crippen LogP contribution in [0.2, 0.25) is 0 Å². The number of benzene rings is 2. The Kier molecular flexibility index (Phi) is 5.84. The maximum Gasteiger partial charge on any atom is 0.261 e. The van der Waals surface area contributed by atoms with Crippen molar-refractivity contribution in [1.82, 2.24) is 0 Å². The largest absolute Gasteiger partial charge is 0.496 e. The molecule has 1 N–H and O–H groups in total. The molecule has 25 heavy (non-hydrogen) atoms. The maximum absolute atomic E-state index is 12.5. The average Bonchev–Trinajstić information content (AvgIpc) is 2.53. The van der Waals surface area contributed by atoms with Crippen LogP contribution in [0.25, 0.3) is 0 Å². The molecule has 0 aliphatic carbocycles. The minimum atomic E-state index is -3.82. The lowest BCUT2D eigenvalue weighted by Gasteiger charge is -2.18. The summed E-state index contributed by atoms with van der Waals surface area (Å²) in [5.74, 6) is 0.580. The number of anilines is 2. The third-order valence-corrected chi connectivity index (χ3v) is 6.82. The van der Waals surface area contributed by atoms with Crippen molar-refractivity contribution in [3.05, 3.63) is 46.0 Å². The normalized spacial score (nSPS) is 11.8. The molecule has 0 unspecified atom stereocenters. The first-order chi connectivity index (χ1) is 11.5. The third-order valence-electron chi connectivity index (χ3n) is 3.39. The second-order valence-corrected chi connectivity index (χ2v) is 10.0. The Balaban J connectivity index is 2.34. The summed E-state index contributed by atoms with van der Waals surface area (Å²) in [6, 6.07) is 10.7. The number of nitrogens with one attached hydrogen (secondary N) is 1. The first-order valence-corrected chi connectivity index (χ1v) is 11.4. The monoisotopic (exact) mass is 496 g/mol. The summed E-state index contributed by atoms with van der Waals surface area (Å²) in [6.07, 6.45) is 1.07. The average molecular weight is 496 g/mol. The van der Waals surface area contributed by atoms with Gasteiger partial charge in [-0.25, -0.2) is 16.8 Å². The first-order valence-electron chi connectivity index (χ1n) is 6.95. The van der Waals surface area contributed by atoms with Gasteiger partial charge in [0.25, 0.3) is 10.0 Å². The van der Waals surface area contributed by atoms with Gasteiger partial charge in [-0.05, 0) is 59.0 Å². The molecule has 10 heteroatoms. The van der Waals surface area contributed by atoms with Gasteiger partial charge >= 0.3 is 0 Å². The molecule has 0 atom stereocenters. The Hall–Kier alpha value is -1.53. The summed E-state index contributed by atoms with van der Waals surface area (Å²) < 4.78 is 57.6. The molecule has 0 heterocycles. The molecule has 0 aliphatic rings.